The van der Waals surface area contributed by atoms with Gasteiger partial charge in [0.15, 0.2) is 11.5 Å². The van der Waals surface area contributed by atoms with Gasteiger partial charge in [-0.05, 0) is 24.0 Å². The van der Waals surface area contributed by atoms with Crippen molar-refractivity contribution in [3.05, 3.63) is 17.8 Å². The van der Waals surface area contributed by atoms with Crippen LogP contribution in [0.15, 0.2) is 12.1 Å². The zero-order valence-corrected chi connectivity index (χ0v) is 12.6. The van der Waals surface area contributed by atoms with Gasteiger partial charge in [-0.15, -0.1) is 10.2 Å². The van der Waals surface area contributed by atoms with E-state index in [4.69, 9.17) is 5.84 Å². The van der Waals surface area contributed by atoms with Gasteiger partial charge in [0.1, 0.15) is 0 Å². The molecular weight excluding hydrogens is 254 g/mol. The van der Waals surface area contributed by atoms with Crippen LogP contribution in [0.3, 0.4) is 0 Å². The van der Waals surface area contributed by atoms with Crippen molar-refractivity contribution in [3.8, 4) is 0 Å². The molecule has 0 fully saturated rings. The highest BCUT2D eigenvalue weighted by Gasteiger charge is 2.19. The normalized spacial score (nSPS) is 11.2. The molecule has 0 spiro atoms. The highest BCUT2D eigenvalue weighted by atomic mass is 16.1. The summed E-state index contributed by atoms with van der Waals surface area (Å²) < 4.78 is 0. The van der Waals surface area contributed by atoms with Gasteiger partial charge in [0.05, 0.1) is 0 Å². The molecule has 1 amide bonds. The average Bonchev–Trinajstić information content (AvgIpc) is 2.45. The van der Waals surface area contributed by atoms with E-state index < -0.39 is 0 Å². The Bertz CT molecular complexity index is 416. The average molecular weight is 279 g/mol. The molecule has 0 aliphatic carbocycles. The van der Waals surface area contributed by atoms with Crippen LogP contribution >= 0.6 is 0 Å². The predicted molar refractivity (Wildman–Crippen MR) is 80.1 cm³/mol. The van der Waals surface area contributed by atoms with Gasteiger partial charge in [-0.3, -0.25) is 4.79 Å². The number of nitrogens with two attached hydrogens (primary N) is 1. The lowest BCUT2D eigenvalue weighted by atomic mass is 9.87. The Hall–Kier alpha value is -1.69. The highest BCUT2D eigenvalue weighted by Crippen LogP contribution is 2.22. The fourth-order valence-electron chi connectivity index (χ4n) is 1.88. The van der Waals surface area contributed by atoms with Gasteiger partial charge in [0.2, 0.25) is 0 Å². The molecule has 112 valence electrons. The number of hydrogen-bond donors (Lipinski definition) is 3. The van der Waals surface area contributed by atoms with Crippen molar-refractivity contribution in [3.63, 3.8) is 0 Å². The molecule has 0 aliphatic rings. The lowest BCUT2D eigenvalue weighted by Gasteiger charge is -2.24. The van der Waals surface area contributed by atoms with E-state index >= 15 is 0 Å². The van der Waals surface area contributed by atoms with Crippen molar-refractivity contribution in [2.45, 2.75) is 46.5 Å². The van der Waals surface area contributed by atoms with Gasteiger partial charge in [0.25, 0.3) is 5.91 Å². The standard InChI is InChI=1S/C14H25N5O/c1-4-5-6-9-14(2,3)10-16-13(20)11-7-8-12(17-15)19-18-11/h7-8H,4-6,9-10,15H2,1-3H3,(H,16,20)(H,17,19). The van der Waals surface area contributed by atoms with Crippen LogP contribution in [-0.4, -0.2) is 22.6 Å². The summed E-state index contributed by atoms with van der Waals surface area (Å²) in [6.07, 6.45) is 4.73. The Morgan fingerprint density at radius 2 is 2.05 bits per heavy atom. The zero-order chi connectivity index (χ0) is 15.0. The second-order valence-corrected chi connectivity index (χ2v) is 5.75. The molecule has 0 bridgehead atoms. The van der Waals surface area contributed by atoms with Crippen molar-refractivity contribution in [2.24, 2.45) is 11.3 Å². The Balaban J connectivity index is 2.45. The predicted octanol–water partition coefficient (Wildman–Crippen LogP) is 2.10. The summed E-state index contributed by atoms with van der Waals surface area (Å²) in [6, 6.07) is 3.22. The van der Waals surface area contributed by atoms with Gasteiger partial charge in [-0.1, -0.05) is 40.0 Å². The number of anilines is 1. The van der Waals surface area contributed by atoms with Crippen molar-refractivity contribution in [2.75, 3.05) is 12.0 Å². The summed E-state index contributed by atoms with van der Waals surface area (Å²) in [6.45, 7) is 7.15. The number of nitrogens with zero attached hydrogens (tertiary/aromatic N) is 2. The monoisotopic (exact) mass is 279 g/mol. The Morgan fingerprint density at radius 3 is 2.60 bits per heavy atom. The number of amides is 1. The first-order valence-electron chi connectivity index (χ1n) is 7.07. The molecule has 0 aliphatic heterocycles. The maximum atomic E-state index is 12.0. The van der Waals surface area contributed by atoms with Gasteiger partial charge in [-0.25, -0.2) is 5.84 Å². The molecule has 20 heavy (non-hydrogen) atoms. The van der Waals surface area contributed by atoms with E-state index in [1.807, 2.05) is 0 Å². The molecule has 1 aromatic rings. The fraction of sp³-hybridized carbons (Fsp3) is 0.643. The van der Waals surface area contributed by atoms with Gasteiger partial charge >= 0.3 is 0 Å². The number of hydrazine groups is 1. The molecule has 0 saturated carbocycles. The topological polar surface area (TPSA) is 92.9 Å². The Labute approximate surface area is 120 Å². The first kappa shape index (κ1) is 16.4. The van der Waals surface area contributed by atoms with Gasteiger partial charge in [-0.2, -0.15) is 0 Å². The van der Waals surface area contributed by atoms with E-state index in [9.17, 15) is 4.79 Å². The SMILES string of the molecule is CCCCCC(C)(C)CNC(=O)c1ccc(NN)nn1. The Morgan fingerprint density at radius 1 is 1.30 bits per heavy atom. The molecule has 6 nitrogen and oxygen atoms in total. The van der Waals surface area contributed by atoms with Gasteiger partial charge in [0, 0.05) is 6.54 Å². The summed E-state index contributed by atoms with van der Waals surface area (Å²) >= 11 is 0. The quantitative estimate of drug-likeness (QED) is 0.385. The minimum absolute atomic E-state index is 0.0943. The van der Waals surface area contributed by atoms with Crippen molar-refractivity contribution < 1.29 is 4.79 Å². The number of carbonyl (C=O) groups is 1. The number of rotatable bonds is 8. The van der Waals surface area contributed by atoms with Crippen LogP contribution in [0.2, 0.25) is 0 Å². The summed E-state index contributed by atoms with van der Waals surface area (Å²) in [5.41, 5.74) is 2.77. The summed E-state index contributed by atoms with van der Waals surface area (Å²) in [4.78, 5) is 12.0. The van der Waals surface area contributed by atoms with E-state index in [0.717, 1.165) is 6.42 Å². The summed E-state index contributed by atoms with van der Waals surface area (Å²) in [5.74, 6) is 5.42. The van der Waals surface area contributed by atoms with Crippen LogP contribution in [0.25, 0.3) is 0 Å². The molecule has 0 atom stereocenters. The van der Waals surface area contributed by atoms with E-state index in [1.54, 1.807) is 12.1 Å². The number of nitrogen functional groups attached to an aromatic ring is 1. The minimum atomic E-state index is -0.204. The van der Waals surface area contributed by atoms with E-state index in [0.29, 0.717) is 18.1 Å². The number of aromatic nitrogens is 2. The third kappa shape index (κ3) is 5.52. The lowest BCUT2D eigenvalue weighted by molar-refractivity contribution is 0.0928. The zero-order valence-electron chi connectivity index (χ0n) is 12.6. The maximum absolute atomic E-state index is 12.0. The highest BCUT2D eigenvalue weighted by molar-refractivity contribution is 5.92. The van der Waals surface area contributed by atoms with Crippen LogP contribution in [-0.2, 0) is 0 Å². The molecule has 0 saturated heterocycles. The second-order valence-electron chi connectivity index (χ2n) is 5.75. The van der Waals surface area contributed by atoms with E-state index in [1.165, 1.54) is 19.3 Å². The maximum Gasteiger partial charge on any atom is 0.271 e. The molecule has 0 radical (unpaired) electrons. The fourth-order valence-corrected chi connectivity index (χ4v) is 1.88. The lowest BCUT2D eigenvalue weighted by Crippen LogP contribution is -2.34. The first-order chi connectivity index (χ1) is 9.48. The second kappa shape index (κ2) is 7.79. The molecule has 1 heterocycles. The van der Waals surface area contributed by atoms with Crippen LogP contribution in [0.1, 0.15) is 56.9 Å². The molecule has 1 aromatic heterocycles. The van der Waals surface area contributed by atoms with Crippen molar-refractivity contribution in [1.82, 2.24) is 15.5 Å². The molecule has 0 aromatic carbocycles. The molecule has 1 rings (SSSR count). The van der Waals surface area contributed by atoms with Crippen LogP contribution in [0.4, 0.5) is 5.82 Å². The third-order valence-corrected chi connectivity index (χ3v) is 3.23. The Kier molecular flexibility index (Phi) is 6.38. The smallest absolute Gasteiger partial charge is 0.271 e. The minimum Gasteiger partial charge on any atom is -0.350 e. The molecule has 4 N–H and O–H groups in total. The number of nitrogens with one attached hydrogen (secondary N) is 2. The van der Waals surface area contributed by atoms with Crippen molar-refractivity contribution >= 4 is 11.7 Å². The number of unbranched alkanes of at least 4 members (excludes halogenated alkanes) is 2. The first-order valence-corrected chi connectivity index (χ1v) is 7.07. The number of carbonyl (C=O) groups excluding carboxylic acids is 1. The van der Waals surface area contributed by atoms with E-state index in [2.05, 4.69) is 41.7 Å². The molecular formula is C14H25N5O. The molecule has 0 unspecified atom stereocenters. The summed E-state index contributed by atoms with van der Waals surface area (Å²) in [5, 5.41) is 10.5. The van der Waals surface area contributed by atoms with Crippen molar-refractivity contribution in [1.29, 1.82) is 0 Å². The third-order valence-electron chi connectivity index (χ3n) is 3.23. The van der Waals surface area contributed by atoms with Crippen LogP contribution in [0.5, 0.6) is 0 Å². The number of hydrogen-bond acceptors (Lipinski definition) is 5. The van der Waals surface area contributed by atoms with Crippen LogP contribution in [0, 0.1) is 5.41 Å². The summed E-state index contributed by atoms with van der Waals surface area (Å²) in [7, 11) is 0. The van der Waals surface area contributed by atoms with Crippen LogP contribution < -0.4 is 16.6 Å². The van der Waals surface area contributed by atoms with E-state index in [-0.39, 0.29) is 11.3 Å². The molecule has 6 heteroatoms. The van der Waals surface area contributed by atoms with Gasteiger partial charge < -0.3 is 10.7 Å². The largest absolute Gasteiger partial charge is 0.350 e.